The second kappa shape index (κ2) is 8.10. The van der Waals surface area contributed by atoms with Crippen LogP contribution in [0.1, 0.15) is 21.7 Å². The van der Waals surface area contributed by atoms with E-state index >= 15 is 0 Å². The number of carbonyl (C=O) groups is 1. The van der Waals surface area contributed by atoms with Crippen LogP contribution in [0, 0.1) is 13.8 Å². The number of thiophene rings is 1. The van der Waals surface area contributed by atoms with Gasteiger partial charge in [-0.3, -0.25) is 9.69 Å². The van der Waals surface area contributed by atoms with Crippen molar-refractivity contribution >= 4 is 27.1 Å². The first-order chi connectivity index (χ1) is 12.8. The highest BCUT2D eigenvalue weighted by molar-refractivity contribution is 7.91. The van der Waals surface area contributed by atoms with Crippen LogP contribution in [-0.2, 0) is 16.6 Å². The number of piperazine rings is 1. The lowest BCUT2D eigenvalue weighted by Crippen LogP contribution is -2.49. The minimum absolute atomic E-state index is 0.0768. The lowest BCUT2D eigenvalue weighted by atomic mass is 10.1. The van der Waals surface area contributed by atoms with Crippen molar-refractivity contribution in [3.8, 4) is 0 Å². The molecule has 0 aliphatic carbocycles. The predicted octanol–water partition coefficient (Wildman–Crippen LogP) is 2.54. The number of ketones is 1. The Balaban J connectivity index is 1.62. The Kier molecular flexibility index (Phi) is 6.00. The fraction of sp³-hybridized carbons (Fsp3) is 0.421. The van der Waals surface area contributed by atoms with Gasteiger partial charge in [0.1, 0.15) is 4.21 Å². The first kappa shape index (κ1) is 20.0. The van der Waals surface area contributed by atoms with E-state index in [4.69, 9.17) is 0 Å². The van der Waals surface area contributed by atoms with E-state index < -0.39 is 10.0 Å². The van der Waals surface area contributed by atoms with Gasteiger partial charge < -0.3 is 4.57 Å². The predicted molar refractivity (Wildman–Crippen MR) is 108 cm³/mol. The molecule has 0 saturated carbocycles. The smallest absolute Gasteiger partial charge is 0.252 e. The van der Waals surface area contributed by atoms with E-state index in [0.29, 0.717) is 43.5 Å². The Bertz CT molecular complexity index is 922. The van der Waals surface area contributed by atoms with Gasteiger partial charge in [0.15, 0.2) is 5.78 Å². The van der Waals surface area contributed by atoms with Crippen molar-refractivity contribution in [2.75, 3.05) is 32.7 Å². The molecule has 0 bridgehead atoms. The van der Waals surface area contributed by atoms with Gasteiger partial charge >= 0.3 is 0 Å². The summed E-state index contributed by atoms with van der Waals surface area (Å²) in [6, 6.07) is 5.31. The number of Topliss-reactive ketones (excluding diaryl/α,β-unsaturated/α-hetero) is 1. The maximum Gasteiger partial charge on any atom is 0.252 e. The molecule has 1 saturated heterocycles. The number of nitrogens with zero attached hydrogens (tertiary/aromatic N) is 3. The van der Waals surface area contributed by atoms with E-state index in [1.165, 1.54) is 15.6 Å². The topological polar surface area (TPSA) is 62.6 Å². The van der Waals surface area contributed by atoms with Crippen molar-refractivity contribution in [1.82, 2.24) is 13.8 Å². The summed E-state index contributed by atoms with van der Waals surface area (Å²) in [5, 5.41) is 1.77. The molecule has 0 spiro atoms. The molecule has 0 atom stereocenters. The summed E-state index contributed by atoms with van der Waals surface area (Å²) in [7, 11) is -3.41. The molecule has 3 heterocycles. The summed E-state index contributed by atoms with van der Waals surface area (Å²) in [5.41, 5.74) is 2.74. The number of aryl methyl sites for hydroxylation is 1. The molecule has 2 aromatic heterocycles. The van der Waals surface area contributed by atoms with Gasteiger partial charge in [-0.25, -0.2) is 8.42 Å². The minimum atomic E-state index is -3.41. The zero-order chi connectivity index (χ0) is 19.6. The highest BCUT2D eigenvalue weighted by Crippen LogP contribution is 2.22. The zero-order valence-electron chi connectivity index (χ0n) is 15.7. The molecule has 6 nitrogen and oxygen atoms in total. The minimum Gasteiger partial charge on any atom is -0.345 e. The summed E-state index contributed by atoms with van der Waals surface area (Å²) in [4.78, 5) is 14.8. The van der Waals surface area contributed by atoms with Crippen molar-refractivity contribution in [2.45, 2.75) is 24.6 Å². The van der Waals surface area contributed by atoms with Gasteiger partial charge in [0.25, 0.3) is 10.0 Å². The quantitative estimate of drug-likeness (QED) is 0.523. The molecule has 8 heteroatoms. The van der Waals surface area contributed by atoms with Crippen LogP contribution in [0.3, 0.4) is 0 Å². The van der Waals surface area contributed by atoms with Crippen LogP contribution >= 0.6 is 11.3 Å². The zero-order valence-corrected chi connectivity index (χ0v) is 17.4. The van der Waals surface area contributed by atoms with Gasteiger partial charge in [0, 0.05) is 49.7 Å². The number of hydrogen-bond donors (Lipinski definition) is 0. The Hall–Kier alpha value is -1.74. The van der Waals surface area contributed by atoms with Crippen LogP contribution in [0.5, 0.6) is 0 Å². The molecule has 0 unspecified atom stereocenters. The Morgan fingerprint density at radius 3 is 2.56 bits per heavy atom. The summed E-state index contributed by atoms with van der Waals surface area (Å²) in [6.45, 7) is 10.6. The number of carbonyl (C=O) groups excluding carboxylic acids is 1. The largest absolute Gasteiger partial charge is 0.345 e. The van der Waals surface area contributed by atoms with Crippen molar-refractivity contribution in [3.05, 3.63) is 53.2 Å². The molecular weight excluding hydrogens is 382 g/mol. The maximum atomic E-state index is 12.8. The molecule has 27 heavy (non-hydrogen) atoms. The van der Waals surface area contributed by atoms with Crippen molar-refractivity contribution in [1.29, 1.82) is 0 Å². The number of sulfonamides is 1. The highest BCUT2D eigenvalue weighted by atomic mass is 32.2. The third kappa shape index (κ3) is 4.08. The van der Waals surface area contributed by atoms with E-state index in [1.807, 2.05) is 30.9 Å². The second-order valence-electron chi connectivity index (χ2n) is 6.72. The van der Waals surface area contributed by atoms with Gasteiger partial charge in [-0.15, -0.1) is 17.9 Å². The normalized spacial score (nSPS) is 16.5. The van der Waals surface area contributed by atoms with E-state index in [-0.39, 0.29) is 5.78 Å². The van der Waals surface area contributed by atoms with Crippen molar-refractivity contribution in [3.63, 3.8) is 0 Å². The molecule has 0 amide bonds. The Morgan fingerprint density at radius 2 is 1.96 bits per heavy atom. The maximum absolute atomic E-state index is 12.8. The number of rotatable bonds is 7. The van der Waals surface area contributed by atoms with Gasteiger partial charge in [-0.2, -0.15) is 4.31 Å². The van der Waals surface area contributed by atoms with Crippen LogP contribution in [-0.4, -0.2) is 60.7 Å². The highest BCUT2D eigenvalue weighted by Gasteiger charge is 2.30. The fourth-order valence-electron chi connectivity index (χ4n) is 3.45. The van der Waals surface area contributed by atoms with E-state index in [0.717, 1.165) is 17.0 Å². The fourth-order valence-corrected chi connectivity index (χ4v) is 6.01. The molecule has 0 radical (unpaired) electrons. The molecule has 3 rings (SSSR count). The summed E-state index contributed by atoms with van der Waals surface area (Å²) >= 11 is 1.23. The summed E-state index contributed by atoms with van der Waals surface area (Å²) < 4.78 is 29.1. The summed E-state index contributed by atoms with van der Waals surface area (Å²) in [6.07, 6.45) is 1.82. The molecule has 146 valence electrons. The Labute approximate surface area is 164 Å². The third-order valence-electron chi connectivity index (χ3n) is 4.97. The molecule has 0 N–H and O–H groups in total. The Morgan fingerprint density at radius 1 is 1.26 bits per heavy atom. The average Bonchev–Trinajstić information content (AvgIpc) is 3.27. The van der Waals surface area contributed by atoms with Gasteiger partial charge in [-0.1, -0.05) is 12.1 Å². The number of hydrogen-bond acceptors (Lipinski definition) is 5. The molecule has 2 aromatic rings. The first-order valence-electron chi connectivity index (χ1n) is 8.91. The monoisotopic (exact) mass is 407 g/mol. The molecule has 1 aliphatic rings. The SMILES string of the molecule is C=CCn1c(C)cc(C(=O)CN2CCN(S(=O)(=O)c3cccs3)CC2)c1C. The molecule has 1 fully saturated rings. The van der Waals surface area contributed by atoms with E-state index in [1.54, 1.807) is 17.5 Å². The van der Waals surface area contributed by atoms with Crippen LogP contribution in [0.25, 0.3) is 0 Å². The van der Waals surface area contributed by atoms with Crippen LogP contribution in [0.4, 0.5) is 0 Å². The van der Waals surface area contributed by atoms with Crippen LogP contribution in [0.2, 0.25) is 0 Å². The molecule has 1 aliphatic heterocycles. The average molecular weight is 408 g/mol. The number of aromatic nitrogens is 1. The van der Waals surface area contributed by atoms with E-state index in [9.17, 15) is 13.2 Å². The van der Waals surface area contributed by atoms with Crippen LogP contribution in [0.15, 0.2) is 40.4 Å². The second-order valence-corrected chi connectivity index (χ2v) is 9.83. The van der Waals surface area contributed by atoms with Crippen molar-refractivity contribution < 1.29 is 13.2 Å². The van der Waals surface area contributed by atoms with Crippen LogP contribution < -0.4 is 0 Å². The lowest BCUT2D eigenvalue weighted by Gasteiger charge is -2.33. The summed E-state index contributed by atoms with van der Waals surface area (Å²) in [5.74, 6) is 0.0768. The molecular formula is C19H25N3O3S2. The molecule has 0 aromatic carbocycles. The van der Waals surface area contributed by atoms with Crippen molar-refractivity contribution in [2.24, 2.45) is 0 Å². The van der Waals surface area contributed by atoms with Gasteiger partial charge in [0.2, 0.25) is 0 Å². The van der Waals surface area contributed by atoms with Gasteiger partial charge in [-0.05, 0) is 31.4 Å². The third-order valence-corrected chi connectivity index (χ3v) is 8.25. The van der Waals surface area contributed by atoms with E-state index in [2.05, 4.69) is 11.1 Å². The van der Waals surface area contributed by atoms with Gasteiger partial charge in [0.05, 0.1) is 6.54 Å². The lowest BCUT2D eigenvalue weighted by molar-refractivity contribution is 0.0901. The number of allylic oxidation sites excluding steroid dienone is 1. The standard InChI is InChI=1S/C19H25N3O3S2/c1-4-7-22-15(2)13-17(16(22)3)18(23)14-20-8-10-21(11-9-20)27(24,25)19-6-5-12-26-19/h4-6,12-13H,1,7-11,14H2,2-3H3. The first-order valence-corrected chi connectivity index (χ1v) is 11.2.